The van der Waals surface area contributed by atoms with Crippen LogP contribution in [-0.4, -0.2) is 33.1 Å². The summed E-state index contributed by atoms with van der Waals surface area (Å²) in [5.41, 5.74) is 7.41. The van der Waals surface area contributed by atoms with Gasteiger partial charge in [0.05, 0.1) is 11.9 Å². The van der Waals surface area contributed by atoms with Crippen molar-refractivity contribution in [2.75, 3.05) is 18.0 Å². The lowest BCUT2D eigenvalue weighted by Crippen LogP contribution is -2.29. The summed E-state index contributed by atoms with van der Waals surface area (Å²) in [5.74, 6) is 0.300. The van der Waals surface area contributed by atoms with E-state index in [1.54, 1.807) is 12.1 Å². The molecule has 1 saturated heterocycles. The number of H-pyrrole nitrogens is 1. The van der Waals surface area contributed by atoms with Gasteiger partial charge in [0, 0.05) is 48.7 Å². The summed E-state index contributed by atoms with van der Waals surface area (Å²) in [6, 6.07) is 7.93. The normalized spacial score (nSPS) is 16.8. The molecule has 5 rings (SSSR count). The fourth-order valence-corrected chi connectivity index (χ4v) is 4.58. The summed E-state index contributed by atoms with van der Waals surface area (Å²) in [5, 5.41) is 11.0. The average Bonchev–Trinajstić information content (AvgIpc) is 3.18. The van der Waals surface area contributed by atoms with Gasteiger partial charge in [0.2, 0.25) is 0 Å². The van der Waals surface area contributed by atoms with Crippen molar-refractivity contribution in [1.82, 2.24) is 14.9 Å². The van der Waals surface area contributed by atoms with E-state index in [9.17, 15) is 5.11 Å². The maximum atomic E-state index is 9.89. The summed E-state index contributed by atoms with van der Waals surface area (Å²) in [7, 11) is 0. The van der Waals surface area contributed by atoms with Gasteiger partial charge in [-0.2, -0.15) is 0 Å². The molecular formula is C26H28N4O. The summed E-state index contributed by atoms with van der Waals surface area (Å²) in [6.45, 7) is 9.14. The van der Waals surface area contributed by atoms with E-state index in [-0.39, 0.29) is 0 Å². The van der Waals surface area contributed by atoms with Crippen molar-refractivity contribution in [3.63, 3.8) is 0 Å². The van der Waals surface area contributed by atoms with Gasteiger partial charge in [-0.15, -0.1) is 0 Å². The van der Waals surface area contributed by atoms with Gasteiger partial charge in [-0.3, -0.25) is 0 Å². The Morgan fingerprint density at radius 2 is 1.97 bits per heavy atom. The number of nitrogens with one attached hydrogen (secondary N) is 1. The van der Waals surface area contributed by atoms with Crippen LogP contribution in [0, 0.1) is 6.92 Å². The fourth-order valence-electron chi connectivity index (χ4n) is 4.58. The monoisotopic (exact) mass is 412 g/mol. The van der Waals surface area contributed by atoms with Gasteiger partial charge in [0.1, 0.15) is 11.4 Å². The quantitative estimate of drug-likeness (QED) is 0.595. The second-order valence-corrected chi connectivity index (χ2v) is 8.55. The largest absolute Gasteiger partial charge is 0.508 e. The second-order valence-electron chi connectivity index (χ2n) is 8.55. The fraction of sp³-hybridized carbons (Fsp3) is 0.269. The molecule has 0 atom stereocenters. The third-order valence-corrected chi connectivity index (χ3v) is 6.15. The van der Waals surface area contributed by atoms with Crippen molar-refractivity contribution in [3.05, 3.63) is 84.0 Å². The summed E-state index contributed by atoms with van der Waals surface area (Å²) in [6.07, 6.45) is 14.1. The van der Waals surface area contributed by atoms with Crippen LogP contribution >= 0.6 is 0 Å². The van der Waals surface area contributed by atoms with Crippen molar-refractivity contribution >= 4 is 22.3 Å². The Hall–Kier alpha value is -3.47. The molecule has 5 heteroatoms. The third-order valence-electron chi connectivity index (χ3n) is 6.15. The lowest BCUT2D eigenvalue weighted by Gasteiger charge is -2.28. The minimum absolute atomic E-state index is 0.300. The Kier molecular flexibility index (Phi) is 5.02. The van der Waals surface area contributed by atoms with Crippen LogP contribution in [0.15, 0.2) is 67.3 Å². The van der Waals surface area contributed by atoms with E-state index in [0.717, 1.165) is 52.1 Å². The van der Waals surface area contributed by atoms with E-state index in [1.807, 2.05) is 19.3 Å². The molecule has 158 valence electrons. The van der Waals surface area contributed by atoms with Crippen LogP contribution < -0.4 is 4.90 Å². The Bertz CT molecular complexity index is 1180. The number of hydrogen-bond acceptors (Lipinski definition) is 4. The van der Waals surface area contributed by atoms with Crippen LogP contribution in [0.4, 0.5) is 5.69 Å². The van der Waals surface area contributed by atoms with Crippen molar-refractivity contribution in [2.45, 2.75) is 32.7 Å². The van der Waals surface area contributed by atoms with Crippen molar-refractivity contribution in [1.29, 1.82) is 0 Å². The first-order chi connectivity index (χ1) is 15.1. The van der Waals surface area contributed by atoms with Crippen LogP contribution in [0.2, 0.25) is 0 Å². The highest BCUT2D eigenvalue weighted by Crippen LogP contribution is 2.32. The molecule has 0 aliphatic carbocycles. The molecule has 31 heavy (non-hydrogen) atoms. The molecule has 2 N–H and O–H groups in total. The van der Waals surface area contributed by atoms with Crippen molar-refractivity contribution < 1.29 is 5.11 Å². The van der Waals surface area contributed by atoms with Crippen LogP contribution in [-0.2, 0) is 6.54 Å². The molecule has 3 aromatic rings. The second kappa shape index (κ2) is 7.99. The lowest BCUT2D eigenvalue weighted by molar-refractivity contribution is 0.459. The molecular weight excluding hydrogens is 384 g/mol. The molecule has 1 aromatic carbocycles. The minimum Gasteiger partial charge on any atom is -0.508 e. The van der Waals surface area contributed by atoms with Gasteiger partial charge in [0.25, 0.3) is 0 Å². The molecule has 5 nitrogen and oxygen atoms in total. The number of aromatic hydroxyl groups is 1. The van der Waals surface area contributed by atoms with E-state index < -0.39 is 0 Å². The van der Waals surface area contributed by atoms with E-state index in [2.05, 4.69) is 56.8 Å². The summed E-state index contributed by atoms with van der Waals surface area (Å²) >= 11 is 0. The van der Waals surface area contributed by atoms with E-state index in [1.165, 1.54) is 24.9 Å². The predicted octanol–water partition coefficient (Wildman–Crippen LogP) is 5.49. The number of phenolic OH excluding ortho intramolecular Hbond substituents is 1. The molecule has 0 bridgehead atoms. The number of piperidine rings is 1. The van der Waals surface area contributed by atoms with Crippen LogP contribution in [0.3, 0.4) is 0 Å². The highest BCUT2D eigenvalue weighted by Gasteiger charge is 2.17. The molecule has 0 amide bonds. The predicted molar refractivity (Wildman–Crippen MR) is 127 cm³/mol. The van der Waals surface area contributed by atoms with Gasteiger partial charge in [-0.25, -0.2) is 4.98 Å². The van der Waals surface area contributed by atoms with Crippen molar-refractivity contribution in [3.8, 4) is 5.75 Å². The lowest BCUT2D eigenvalue weighted by atomic mass is 10.0. The number of anilines is 1. The summed E-state index contributed by atoms with van der Waals surface area (Å²) in [4.78, 5) is 12.5. The summed E-state index contributed by atoms with van der Waals surface area (Å²) < 4.78 is 0. The number of aryl methyl sites for hydroxylation is 1. The number of benzene rings is 1. The van der Waals surface area contributed by atoms with E-state index >= 15 is 0 Å². The van der Waals surface area contributed by atoms with Crippen LogP contribution in [0.25, 0.3) is 16.6 Å². The van der Waals surface area contributed by atoms with Crippen LogP contribution in [0.1, 0.15) is 36.0 Å². The Morgan fingerprint density at radius 3 is 2.74 bits per heavy atom. The Labute approximate surface area is 183 Å². The smallest absolute Gasteiger partial charge is 0.138 e. The minimum atomic E-state index is 0.300. The van der Waals surface area contributed by atoms with Crippen molar-refractivity contribution in [2.24, 2.45) is 0 Å². The number of rotatable bonds is 4. The Balaban J connectivity index is 1.40. The van der Waals surface area contributed by atoms with Gasteiger partial charge in [-0.05, 0) is 73.2 Å². The van der Waals surface area contributed by atoms with E-state index in [4.69, 9.17) is 0 Å². The molecule has 2 aliphatic rings. The molecule has 0 saturated carbocycles. The zero-order chi connectivity index (χ0) is 21.4. The van der Waals surface area contributed by atoms with E-state index in [0.29, 0.717) is 12.3 Å². The molecule has 1 fully saturated rings. The molecule has 0 radical (unpaired) electrons. The SMILES string of the molecule is C=C1C=C(c2c[nH]c3ncc(N4CCCCC4)cc23)C=CN1Cc1cc(C)cc(O)c1. The number of pyridine rings is 1. The highest BCUT2D eigenvalue weighted by atomic mass is 16.3. The molecule has 2 aliphatic heterocycles. The zero-order valence-electron chi connectivity index (χ0n) is 17.9. The first-order valence-electron chi connectivity index (χ1n) is 10.9. The van der Waals surface area contributed by atoms with Crippen LogP contribution in [0.5, 0.6) is 5.75 Å². The highest BCUT2D eigenvalue weighted by molar-refractivity contribution is 5.95. The number of allylic oxidation sites excluding steroid dienone is 3. The van der Waals surface area contributed by atoms with Gasteiger partial charge < -0.3 is 19.9 Å². The standard InChI is InChI=1S/C26H28N4O/c1-18-10-20(13-23(31)11-18)17-30-9-6-21(12-19(30)2)25-16-28-26-24(25)14-22(15-27-26)29-7-4-3-5-8-29/h6,9-16,31H,2-5,7-8,17H2,1H3,(H,27,28). The molecule has 0 unspecified atom stereocenters. The molecule has 0 spiro atoms. The Morgan fingerprint density at radius 1 is 1.13 bits per heavy atom. The number of nitrogens with zero attached hydrogens (tertiary/aromatic N) is 3. The molecule has 2 aromatic heterocycles. The number of hydrogen-bond donors (Lipinski definition) is 2. The van der Waals surface area contributed by atoms with Gasteiger partial charge in [-0.1, -0.05) is 12.6 Å². The van der Waals surface area contributed by atoms with Gasteiger partial charge in [0.15, 0.2) is 0 Å². The maximum Gasteiger partial charge on any atom is 0.138 e. The zero-order valence-corrected chi connectivity index (χ0v) is 17.9. The maximum absolute atomic E-state index is 9.89. The molecule has 4 heterocycles. The first kappa shape index (κ1) is 19.5. The number of aromatic amines is 1. The average molecular weight is 413 g/mol. The number of phenols is 1. The topological polar surface area (TPSA) is 55.4 Å². The third kappa shape index (κ3) is 3.96. The number of aromatic nitrogens is 2. The first-order valence-corrected chi connectivity index (χ1v) is 10.9. The van der Waals surface area contributed by atoms with Gasteiger partial charge >= 0.3 is 0 Å². The number of fused-ring (bicyclic) bond motifs is 1.